The molecule has 0 unspecified atom stereocenters. The van der Waals surface area contributed by atoms with Gasteiger partial charge in [0.2, 0.25) is 21.8 Å². The lowest BCUT2D eigenvalue weighted by Gasteiger charge is -2.10. The van der Waals surface area contributed by atoms with E-state index in [0.717, 1.165) is 9.82 Å². The van der Waals surface area contributed by atoms with Crippen molar-refractivity contribution in [2.45, 2.75) is 24.7 Å². The normalized spacial score (nSPS) is 11.6. The maximum atomic E-state index is 12.3. The van der Waals surface area contributed by atoms with Gasteiger partial charge in [-0.25, -0.2) is 17.7 Å². The van der Waals surface area contributed by atoms with Crippen LogP contribution < -0.4 is 10.6 Å². The molecule has 0 fully saturated rings. The number of rotatable bonds is 7. The molecule has 0 bridgehead atoms. The Labute approximate surface area is 181 Å². The number of nitrogens with zero attached hydrogens (tertiary/aromatic N) is 3. The summed E-state index contributed by atoms with van der Waals surface area (Å²) in [5, 5.41) is 5.48. The number of hydrogen-bond donors (Lipinski definition) is 2. The van der Waals surface area contributed by atoms with Gasteiger partial charge >= 0.3 is 0 Å². The Morgan fingerprint density at radius 3 is 2.23 bits per heavy atom. The van der Waals surface area contributed by atoms with Gasteiger partial charge in [0.15, 0.2) is 0 Å². The molecule has 0 saturated heterocycles. The zero-order valence-electron chi connectivity index (χ0n) is 17.8. The maximum Gasteiger partial charge on any atom is 0.242 e. The highest BCUT2D eigenvalue weighted by Crippen LogP contribution is 2.22. The average molecular weight is 444 g/mol. The highest BCUT2D eigenvalue weighted by Gasteiger charge is 2.19. The first-order valence-corrected chi connectivity index (χ1v) is 11.1. The number of amides is 2. The Hall–Kier alpha value is -3.24. The summed E-state index contributed by atoms with van der Waals surface area (Å²) in [6.07, 6.45) is 0.615. The highest BCUT2D eigenvalue weighted by atomic mass is 32.2. The molecule has 0 atom stereocenters. The molecule has 10 heteroatoms. The van der Waals surface area contributed by atoms with Crippen LogP contribution in [0.25, 0.3) is 11.0 Å². The molecule has 0 radical (unpaired) electrons. The summed E-state index contributed by atoms with van der Waals surface area (Å²) in [7, 11) is 1.25. The SMILES string of the molecule is CC(=O)Nc1ccc(NC(=O)CCc2nc3cc(S(=O)(=O)N(C)C)ccc3n2C)cc1. The largest absolute Gasteiger partial charge is 0.331 e. The smallest absolute Gasteiger partial charge is 0.242 e. The predicted molar refractivity (Wildman–Crippen MR) is 119 cm³/mol. The second-order valence-electron chi connectivity index (χ2n) is 7.33. The lowest BCUT2D eigenvalue weighted by Crippen LogP contribution is -2.22. The van der Waals surface area contributed by atoms with Crippen molar-refractivity contribution in [1.82, 2.24) is 13.9 Å². The van der Waals surface area contributed by atoms with Crippen LogP contribution in [0.2, 0.25) is 0 Å². The van der Waals surface area contributed by atoms with Crippen LogP contribution in [-0.2, 0) is 33.1 Å². The molecule has 9 nitrogen and oxygen atoms in total. The fourth-order valence-electron chi connectivity index (χ4n) is 3.11. The Morgan fingerprint density at radius 1 is 1.03 bits per heavy atom. The number of hydrogen-bond acceptors (Lipinski definition) is 5. The number of aromatic nitrogens is 2. The van der Waals surface area contributed by atoms with Crippen molar-refractivity contribution < 1.29 is 18.0 Å². The Kier molecular flexibility index (Phi) is 6.42. The summed E-state index contributed by atoms with van der Waals surface area (Å²) in [5.41, 5.74) is 2.64. The first kappa shape index (κ1) is 22.4. The van der Waals surface area contributed by atoms with Crippen LogP contribution in [0.3, 0.4) is 0 Å². The number of nitrogens with one attached hydrogen (secondary N) is 2. The van der Waals surface area contributed by atoms with Crippen molar-refractivity contribution in [3.05, 3.63) is 48.3 Å². The van der Waals surface area contributed by atoms with Crippen molar-refractivity contribution in [2.24, 2.45) is 7.05 Å². The van der Waals surface area contributed by atoms with Crippen LogP contribution in [0.1, 0.15) is 19.2 Å². The van der Waals surface area contributed by atoms with E-state index in [1.165, 1.54) is 21.0 Å². The van der Waals surface area contributed by atoms with E-state index in [1.54, 1.807) is 42.5 Å². The number of imidazole rings is 1. The van der Waals surface area contributed by atoms with Crippen molar-refractivity contribution in [3.8, 4) is 0 Å². The Balaban J connectivity index is 1.68. The van der Waals surface area contributed by atoms with Gasteiger partial charge in [-0.3, -0.25) is 9.59 Å². The van der Waals surface area contributed by atoms with Gasteiger partial charge < -0.3 is 15.2 Å². The fourth-order valence-corrected chi connectivity index (χ4v) is 4.04. The van der Waals surface area contributed by atoms with Gasteiger partial charge in [0.1, 0.15) is 5.82 Å². The first-order chi connectivity index (χ1) is 14.6. The molecule has 1 aromatic heterocycles. The van der Waals surface area contributed by atoms with Gasteiger partial charge in [-0.05, 0) is 42.5 Å². The van der Waals surface area contributed by atoms with Crippen LogP contribution in [0, 0.1) is 0 Å². The second kappa shape index (κ2) is 8.86. The molecule has 0 saturated carbocycles. The first-order valence-electron chi connectivity index (χ1n) is 9.63. The van der Waals surface area contributed by atoms with Crippen molar-refractivity contribution in [3.63, 3.8) is 0 Å². The van der Waals surface area contributed by atoms with Crippen LogP contribution in [0.15, 0.2) is 47.4 Å². The molecule has 0 aliphatic carbocycles. The Morgan fingerprint density at radius 2 is 1.65 bits per heavy atom. The van der Waals surface area contributed by atoms with Crippen molar-refractivity contribution in [1.29, 1.82) is 0 Å². The molecular weight excluding hydrogens is 418 g/mol. The summed E-state index contributed by atoms with van der Waals surface area (Å²) in [4.78, 5) is 28.1. The Bertz CT molecular complexity index is 1230. The third-order valence-electron chi connectivity index (χ3n) is 4.79. The number of aryl methyl sites for hydroxylation is 2. The van der Waals surface area contributed by atoms with Crippen LogP contribution in [-0.4, -0.2) is 48.2 Å². The molecule has 3 rings (SSSR count). The van der Waals surface area contributed by atoms with Crippen LogP contribution in [0.4, 0.5) is 11.4 Å². The van der Waals surface area contributed by atoms with E-state index in [-0.39, 0.29) is 23.1 Å². The maximum absolute atomic E-state index is 12.3. The average Bonchev–Trinajstić information content (AvgIpc) is 3.02. The molecule has 3 aromatic rings. The molecular formula is C21H25N5O4S. The van der Waals surface area contributed by atoms with Gasteiger partial charge in [-0.15, -0.1) is 0 Å². The molecule has 31 heavy (non-hydrogen) atoms. The van der Waals surface area contributed by atoms with Gasteiger partial charge in [-0.2, -0.15) is 0 Å². The van der Waals surface area contributed by atoms with E-state index >= 15 is 0 Å². The third kappa shape index (κ3) is 5.09. The number of anilines is 2. The molecule has 1 heterocycles. The minimum absolute atomic E-state index is 0.161. The van der Waals surface area contributed by atoms with E-state index in [4.69, 9.17) is 0 Å². The lowest BCUT2D eigenvalue weighted by molar-refractivity contribution is -0.116. The van der Waals surface area contributed by atoms with E-state index in [2.05, 4.69) is 15.6 Å². The summed E-state index contributed by atoms with van der Waals surface area (Å²) >= 11 is 0. The van der Waals surface area contributed by atoms with Gasteiger partial charge in [0.05, 0.1) is 15.9 Å². The molecule has 2 amide bonds. The highest BCUT2D eigenvalue weighted by molar-refractivity contribution is 7.89. The molecule has 0 spiro atoms. The molecule has 164 valence electrons. The summed E-state index contributed by atoms with van der Waals surface area (Å²) in [6.45, 7) is 1.43. The zero-order chi connectivity index (χ0) is 22.8. The van der Waals surface area contributed by atoms with E-state index in [9.17, 15) is 18.0 Å². The summed E-state index contributed by atoms with van der Waals surface area (Å²) in [6, 6.07) is 11.7. The number of carbonyl (C=O) groups excluding carboxylic acids is 2. The fraction of sp³-hybridized carbons (Fsp3) is 0.286. The van der Waals surface area contributed by atoms with E-state index in [1.807, 2.05) is 11.6 Å². The number of sulfonamides is 1. The zero-order valence-corrected chi connectivity index (χ0v) is 18.7. The topological polar surface area (TPSA) is 113 Å². The summed E-state index contributed by atoms with van der Waals surface area (Å²) in [5.74, 6) is 0.353. The second-order valence-corrected chi connectivity index (χ2v) is 9.48. The van der Waals surface area contributed by atoms with Crippen LogP contribution in [0.5, 0.6) is 0 Å². The van der Waals surface area contributed by atoms with Gasteiger partial charge in [0.25, 0.3) is 0 Å². The predicted octanol–water partition coefficient (Wildman–Crippen LogP) is 2.35. The summed E-state index contributed by atoms with van der Waals surface area (Å²) < 4.78 is 27.7. The van der Waals surface area contributed by atoms with Crippen molar-refractivity contribution >= 4 is 44.2 Å². The minimum Gasteiger partial charge on any atom is -0.331 e. The van der Waals surface area contributed by atoms with Crippen LogP contribution >= 0.6 is 0 Å². The third-order valence-corrected chi connectivity index (χ3v) is 6.60. The molecule has 2 N–H and O–H groups in total. The monoisotopic (exact) mass is 443 g/mol. The van der Waals surface area contributed by atoms with Gasteiger partial charge in [0, 0.05) is 52.3 Å². The van der Waals surface area contributed by atoms with E-state index in [0.29, 0.717) is 29.1 Å². The number of fused-ring (bicyclic) bond motifs is 1. The molecule has 0 aliphatic rings. The lowest BCUT2D eigenvalue weighted by atomic mass is 10.2. The van der Waals surface area contributed by atoms with Gasteiger partial charge in [-0.1, -0.05) is 0 Å². The minimum atomic E-state index is -3.55. The number of carbonyl (C=O) groups is 2. The van der Waals surface area contributed by atoms with Crippen molar-refractivity contribution in [2.75, 3.05) is 24.7 Å². The molecule has 2 aromatic carbocycles. The molecule has 0 aliphatic heterocycles. The standard InChI is InChI=1S/C21H25N5O4S/c1-14(27)22-15-5-7-16(8-6-15)23-21(28)12-11-20-24-18-13-17(31(29,30)25(2)3)9-10-19(18)26(20)4/h5-10,13H,11-12H2,1-4H3,(H,22,27)(H,23,28). The quantitative estimate of drug-likeness (QED) is 0.582. The van der Waals surface area contributed by atoms with E-state index < -0.39 is 10.0 Å². The number of benzene rings is 2.